The molecule has 0 heterocycles. The Hall–Kier alpha value is -1.80. The molecule has 2 aromatic rings. The molecule has 112 valence electrons. The first kappa shape index (κ1) is 15.6. The van der Waals surface area contributed by atoms with Gasteiger partial charge in [-0.3, -0.25) is 0 Å². The fourth-order valence-corrected chi connectivity index (χ4v) is 2.42. The highest BCUT2D eigenvalue weighted by molar-refractivity contribution is 5.31. The fraction of sp³-hybridized carbons (Fsp3) is 0.368. The van der Waals surface area contributed by atoms with Crippen LogP contribution in [0.3, 0.4) is 0 Å². The van der Waals surface area contributed by atoms with Crippen molar-refractivity contribution in [2.45, 2.75) is 32.7 Å². The second kappa shape index (κ2) is 7.84. The molecular weight excluding hydrogens is 258 g/mol. The molecule has 0 amide bonds. The van der Waals surface area contributed by atoms with E-state index in [2.05, 4.69) is 55.6 Å². The second-order valence-electron chi connectivity index (χ2n) is 5.47. The molecule has 0 fully saturated rings. The molecule has 21 heavy (non-hydrogen) atoms. The van der Waals surface area contributed by atoms with Crippen LogP contribution in [0.4, 0.5) is 0 Å². The average molecular weight is 283 g/mol. The van der Waals surface area contributed by atoms with E-state index >= 15 is 0 Å². The van der Waals surface area contributed by atoms with E-state index in [1.807, 2.05) is 12.1 Å². The number of aryl methyl sites for hydroxylation is 1. The van der Waals surface area contributed by atoms with Crippen molar-refractivity contribution < 1.29 is 4.74 Å². The van der Waals surface area contributed by atoms with Crippen LogP contribution in [0.1, 0.15) is 36.1 Å². The van der Waals surface area contributed by atoms with Crippen LogP contribution in [0.5, 0.6) is 5.75 Å². The van der Waals surface area contributed by atoms with E-state index in [4.69, 9.17) is 4.74 Å². The zero-order valence-corrected chi connectivity index (χ0v) is 13.2. The summed E-state index contributed by atoms with van der Waals surface area (Å²) in [5, 5.41) is 3.65. The van der Waals surface area contributed by atoms with Crippen LogP contribution in [-0.2, 0) is 6.42 Å². The maximum absolute atomic E-state index is 5.24. The Kier molecular flexibility index (Phi) is 5.82. The van der Waals surface area contributed by atoms with Crippen molar-refractivity contribution in [3.05, 3.63) is 65.2 Å². The summed E-state index contributed by atoms with van der Waals surface area (Å²) < 4.78 is 5.24. The summed E-state index contributed by atoms with van der Waals surface area (Å²) in [4.78, 5) is 0. The molecule has 2 rings (SSSR count). The van der Waals surface area contributed by atoms with Crippen LogP contribution >= 0.6 is 0 Å². The first-order valence-corrected chi connectivity index (χ1v) is 7.65. The Morgan fingerprint density at radius 1 is 1.00 bits per heavy atom. The number of hydrogen-bond donors (Lipinski definition) is 1. The van der Waals surface area contributed by atoms with Crippen molar-refractivity contribution in [3.63, 3.8) is 0 Å². The maximum atomic E-state index is 5.24. The summed E-state index contributed by atoms with van der Waals surface area (Å²) in [6.07, 6.45) is 2.15. The van der Waals surface area contributed by atoms with E-state index in [0.29, 0.717) is 6.04 Å². The average Bonchev–Trinajstić information content (AvgIpc) is 2.53. The van der Waals surface area contributed by atoms with Gasteiger partial charge in [0, 0.05) is 6.04 Å². The lowest BCUT2D eigenvalue weighted by molar-refractivity contribution is 0.414. The van der Waals surface area contributed by atoms with Gasteiger partial charge >= 0.3 is 0 Å². The van der Waals surface area contributed by atoms with Crippen LogP contribution in [0.15, 0.2) is 48.5 Å². The third-order valence-corrected chi connectivity index (χ3v) is 3.72. The van der Waals surface area contributed by atoms with Crippen LogP contribution in [0, 0.1) is 6.92 Å². The quantitative estimate of drug-likeness (QED) is 0.818. The molecule has 0 aliphatic heterocycles. The predicted octanol–water partition coefficient (Wildman–Crippen LogP) is 4.29. The normalized spacial score (nSPS) is 12.1. The highest BCUT2D eigenvalue weighted by atomic mass is 16.5. The Labute approximate surface area is 128 Å². The molecule has 0 saturated heterocycles. The number of hydrogen-bond acceptors (Lipinski definition) is 2. The largest absolute Gasteiger partial charge is 0.497 e. The second-order valence-corrected chi connectivity index (χ2v) is 5.47. The van der Waals surface area contributed by atoms with Crippen LogP contribution in [0.2, 0.25) is 0 Å². The van der Waals surface area contributed by atoms with E-state index in [9.17, 15) is 0 Å². The van der Waals surface area contributed by atoms with Gasteiger partial charge in [-0.2, -0.15) is 0 Å². The summed E-state index contributed by atoms with van der Waals surface area (Å²) in [6, 6.07) is 17.5. The number of rotatable bonds is 7. The SMILES string of the molecule is CCCNC(Cc1ccc(C)cc1)c1ccc(OC)cc1. The summed E-state index contributed by atoms with van der Waals surface area (Å²) in [7, 11) is 1.70. The van der Waals surface area contributed by atoms with Crippen LogP contribution in [-0.4, -0.2) is 13.7 Å². The lowest BCUT2D eigenvalue weighted by Gasteiger charge is -2.19. The van der Waals surface area contributed by atoms with Gasteiger partial charge in [-0.1, -0.05) is 48.9 Å². The molecule has 1 N–H and O–H groups in total. The van der Waals surface area contributed by atoms with Crippen LogP contribution < -0.4 is 10.1 Å². The monoisotopic (exact) mass is 283 g/mol. The molecule has 0 radical (unpaired) electrons. The minimum absolute atomic E-state index is 0.346. The van der Waals surface area contributed by atoms with Crippen molar-refractivity contribution in [1.29, 1.82) is 0 Å². The minimum Gasteiger partial charge on any atom is -0.497 e. The molecule has 2 heteroatoms. The van der Waals surface area contributed by atoms with Gasteiger partial charge in [0.2, 0.25) is 0 Å². The lowest BCUT2D eigenvalue weighted by Crippen LogP contribution is -2.24. The maximum Gasteiger partial charge on any atom is 0.118 e. The molecule has 1 atom stereocenters. The molecule has 0 bridgehead atoms. The third kappa shape index (κ3) is 4.61. The fourth-order valence-electron chi connectivity index (χ4n) is 2.42. The number of benzene rings is 2. The van der Waals surface area contributed by atoms with Gasteiger partial charge in [0.1, 0.15) is 5.75 Å². The van der Waals surface area contributed by atoms with E-state index in [0.717, 1.165) is 25.1 Å². The molecule has 0 aliphatic rings. The van der Waals surface area contributed by atoms with Gasteiger partial charge in [0.15, 0.2) is 0 Å². The van der Waals surface area contributed by atoms with Gasteiger partial charge in [0.25, 0.3) is 0 Å². The predicted molar refractivity (Wildman–Crippen MR) is 88.9 cm³/mol. The Morgan fingerprint density at radius 2 is 1.67 bits per heavy atom. The third-order valence-electron chi connectivity index (χ3n) is 3.72. The Bertz CT molecular complexity index is 530. The lowest BCUT2D eigenvalue weighted by atomic mass is 9.98. The Balaban J connectivity index is 2.14. The van der Waals surface area contributed by atoms with E-state index in [1.54, 1.807) is 7.11 Å². The molecule has 0 saturated carbocycles. The smallest absolute Gasteiger partial charge is 0.118 e. The van der Waals surface area contributed by atoms with Gasteiger partial charge in [-0.15, -0.1) is 0 Å². The van der Waals surface area contributed by atoms with E-state index in [1.165, 1.54) is 16.7 Å². The highest BCUT2D eigenvalue weighted by Crippen LogP contribution is 2.21. The van der Waals surface area contributed by atoms with Crippen molar-refractivity contribution in [2.24, 2.45) is 0 Å². The minimum atomic E-state index is 0.346. The van der Waals surface area contributed by atoms with Crippen molar-refractivity contribution in [3.8, 4) is 5.75 Å². The summed E-state index contributed by atoms with van der Waals surface area (Å²) in [5.74, 6) is 0.906. The van der Waals surface area contributed by atoms with Gasteiger partial charge in [0.05, 0.1) is 7.11 Å². The summed E-state index contributed by atoms with van der Waals surface area (Å²) in [6.45, 7) is 5.35. The van der Waals surface area contributed by atoms with Gasteiger partial charge in [-0.25, -0.2) is 0 Å². The molecule has 0 spiro atoms. The number of nitrogens with one attached hydrogen (secondary N) is 1. The van der Waals surface area contributed by atoms with Crippen molar-refractivity contribution in [2.75, 3.05) is 13.7 Å². The number of ether oxygens (including phenoxy) is 1. The topological polar surface area (TPSA) is 21.3 Å². The highest BCUT2D eigenvalue weighted by Gasteiger charge is 2.11. The van der Waals surface area contributed by atoms with E-state index in [-0.39, 0.29) is 0 Å². The molecule has 2 nitrogen and oxygen atoms in total. The van der Waals surface area contributed by atoms with Gasteiger partial charge in [-0.05, 0) is 49.6 Å². The van der Waals surface area contributed by atoms with Crippen molar-refractivity contribution >= 4 is 0 Å². The molecule has 2 aromatic carbocycles. The zero-order chi connectivity index (χ0) is 15.1. The molecule has 0 aromatic heterocycles. The van der Waals surface area contributed by atoms with E-state index < -0.39 is 0 Å². The number of methoxy groups -OCH3 is 1. The van der Waals surface area contributed by atoms with Gasteiger partial charge < -0.3 is 10.1 Å². The first-order valence-electron chi connectivity index (χ1n) is 7.65. The zero-order valence-electron chi connectivity index (χ0n) is 13.2. The summed E-state index contributed by atoms with van der Waals surface area (Å²) >= 11 is 0. The molecule has 0 aliphatic carbocycles. The summed E-state index contributed by atoms with van der Waals surface area (Å²) in [5.41, 5.74) is 3.98. The standard InChI is InChI=1S/C19H25NO/c1-4-13-20-19(14-16-7-5-15(2)6-8-16)17-9-11-18(21-3)12-10-17/h5-12,19-20H,4,13-14H2,1-3H3. The first-order chi connectivity index (χ1) is 10.2. The molecular formula is C19H25NO. The van der Waals surface area contributed by atoms with Crippen LogP contribution in [0.25, 0.3) is 0 Å². The Morgan fingerprint density at radius 3 is 2.24 bits per heavy atom. The van der Waals surface area contributed by atoms with Crippen molar-refractivity contribution in [1.82, 2.24) is 5.32 Å². The molecule has 1 unspecified atom stereocenters.